The summed E-state index contributed by atoms with van der Waals surface area (Å²) < 4.78 is 10.3. The first kappa shape index (κ1) is 13.1. The average molecular weight is 252 g/mol. The van der Waals surface area contributed by atoms with Crippen LogP contribution in [0.25, 0.3) is 0 Å². The van der Waals surface area contributed by atoms with Crippen LogP contribution in [0.5, 0.6) is 0 Å². The molecule has 1 atom stereocenters. The molecular weight excluding hydrogens is 232 g/mol. The van der Waals surface area contributed by atoms with Gasteiger partial charge in [-0.2, -0.15) is 0 Å². The van der Waals surface area contributed by atoms with Crippen molar-refractivity contribution in [2.75, 3.05) is 19.8 Å². The highest BCUT2D eigenvalue weighted by atomic mass is 16.5. The number of rotatable bonds is 6. The molecule has 0 aliphatic carbocycles. The second-order valence-corrected chi connectivity index (χ2v) is 4.83. The van der Waals surface area contributed by atoms with Gasteiger partial charge in [0.1, 0.15) is 5.76 Å². The van der Waals surface area contributed by atoms with Crippen molar-refractivity contribution in [2.45, 2.75) is 32.6 Å². The minimum absolute atomic E-state index is 0.00572. The van der Waals surface area contributed by atoms with Gasteiger partial charge in [-0.1, -0.05) is 5.16 Å². The zero-order chi connectivity index (χ0) is 12.8. The third-order valence-electron chi connectivity index (χ3n) is 3.15. The summed E-state index contributed by atoms with van der Waals surface area (Å²) in [5.74, 6) is 1.29. The molecule has 5 heteroatoms. The first-order valence-electron chi connectivity index (χ1n) is 6.50. The fraction of sp³-hybridized carbons (Fsp3) is 0.692. The van der Waals surface area contributed by atoms with Gasteiger partial charge in [0.2, 0.25) is 5.91 Å². The monoisotopic (exact) mass is 252 g/mol. The van der Waals surface area contributed by atoms with Crippen LogP contribution >= 0.6 is 0 Å². The third kappa shape index (κ3) is 4.14. The van der Waals surface area contributed by atoms with Gasteiger partial charge in [-0.3, -0.25) is 4.79 Å². The minimum Gasteiger partial charge on any atom is -0.381 e. The van der Waals surface area contributed by atoms with Crippen molar-refractivity contribution in [3.63, 3.8) is 0 Å². The Hall–Kier alpha value is -1.36. The topological polar surface area (TPSA) is 64.4 Å². The molecule has 1 aromatic rings. The lowest BCUT2D eigenvalue weighted by Gasteiger charge is -2.07. The molecule has 1 unspecified atom stereocenters. The molecule has 100 valence electrons. The van der Waals surface area contributed by atoms with Crippen LogP contribution < -0.4 is 5.32 Å². The first-order valence-corrected chi connectivity index (χ1v) is 6.50. The Balaban J connectivity index is 1.57. The molecule has 0 saturated carbocycles. The summed E-state index contributed by atoms with van der Waals surface area (Å²) in [5.41, 5.74) is 0.805. The highest BCUT2D eigenvalue weighted by Crippen LogP contribution is 2.17. The fourth-order valence-electron chi connectivity index (χ4n) is 2.15. The van der Waals surface area contributed by atoms with Crippen molar-refractivity contribution in [1.82, 2.24) is 10.5 Å². The van der Waals surface area contributed by atoms with E-state index >= 15 is 0 Å². The van der Waals surface area contributed by atoms with Gasteiger partial charge in [-0.25, -0.2) is 0 Å². The van der Waals surface area contributed by atoms with E-state index in [-0.39, 0.29) is 12.3 Å². The van der Waals surface area contributed by atoms with E-state index in [1.807, 2.05) is 6.92 Å². The molecule has 0 bridgehead atoms. The SMILES string of the molecule is Cc1cc(CC(=O)NCCCC2CCOC2)on1. The maximum absolute atomic E-state index is 11.6. The summed E-state index contributed by atoms with van der Waals surface area (Å²) in [6, 6.07) is 1.79. The van der Waals surface area contributed by atoms with Gasteiger partial charge in [0.25, 0.3) is 0 Å². The quantitative estimate of drug-likeness (QED) is 0.778. The summed E-state index contributed by atoms with van der Waals surface area (Å²) in [5, 5.41) is 6.65. The number of nitrogens with zero attached hydrogens (tertiary/aromatic N) is 1. The summed E-state index contributed by atoms with van der Waals surface area (Å²) in [6.45, 7) is 4.34. The maximum atomic E-state index is 11.6. The number of aromatic nitrogens is 1. The molecule has 0 radical (unpaired) electrons. The van der Waals surface area contributed by atoms with Gasteiger partial charge in [-0.15, -0.1) is 0 Å². The van der Waals surface area contributed by atoms with Gasteiger partial charge >= 0.3 is 0 Å². The largest absolute Gasteiger partial charge is 0.381 e. The number of carbonyl (C=O) groups is 1. The highest BCUT2D eigenvalue weighted by Gasteiger charge is 2.15. The van der Waals surface area contributed by atoms with Gasteiger partial charge in [0, 0.05) is 25.8 Å². The normalized spacial score (nSPS) is 19.1. The van der Waals surface area contributed by atoms with E-state index in [1.165, 1.54) is 0 Å². The highest BCUT2D eigenvalue weighted by molar-refractivity contribution is 5.77. The van der Waals surface area contributed by atoms with Gasteiger partial charge in [-0.05, 0) is 32.1 Å². The molecule has 0 spiro atoms. The molecule has 1 aromatic heterocycles. The van der Waals surface area contributed by atoms with Crippen molar-refractivity contribution in [3.05, 3.63) is 17.5 Å². The molecule has 5 nitrogen and oxygen atoms in total. The van der Waals surface area contributed by atoms with Crippen LogP contribution in [0.2, 0.25) is 0 Å². The lowest BCUT2D eigenvalue weighted by molar-refractivity contribution is -0.120. The second-order valence-electron chi connectivity index (χ2n) is 4.83. The van der Waals surface area contributed by atoms with E-state index in [4.69, 9.17) is 9.26 Å². The molecule has 1 aliphatic heterocycles. The molecule has 1 saturated heterocycles. The molecule has 2 heterocycles. The number of ether oxygens (including phenoxy) is 1. The predicted molar refractivity (Wildman–Crippen MR) is 66.1 cm³/mol. The Kier molecular flexibility index (Phi) is 4.75. The lowest BCUT2D eigenvalue weighted by atomic mass is 10.0. The van der Waals surface area contributed by atoms with Crippen LogP contribution in [-0.2, 0) is 16.0 Å². The number of amides is 1. The average Bonchev–Trinajstić information content (AvgIpc) is 2.96. The van der Waals surface area contributed by atoms with Gasteiger partial charge in [0.15, 0.2) is 0 Å². The number of carbonyl (C=O) groups excluding carboxylic acids is 1. The molecule has 1 amide bonds. The summed E-state index contributed by atoms with van der Waals surface area (Å²) in [6.07, 6.45) is 3.57. The summed E-state index contributed by atoms with van der Waals surface area (Å²) >= 11 is 0. The fourth-order valence-corrected chi connectivity index (χ4v) is 2.15. The Labute approximate surface area is 107 Å². The van der Waals surface area contributed by atoms with Crippen molar-refractivity contribution < 1.29 is 14.1 Å². The standard InChI is InChI=1S/C13H20N2O3/c1-10-7-12(18-15-10)8-13(16)14-5-2-3-11-4-6-17-9-11/h7,11H,2-6,8-9H2,1H3,(H,14,16). The second kappa shape index (κ2) is 6.54. The summed E-state index contributed by atoms with van der Waals surface area (Å²) in [4.78, 5) is 11.6. The van der Waals surface area contributed by atoms with Crippen LogP contribution in [0.4, 0.5) is 0 Å². The molecule has 1 aliphatic rings. The van der Waals surface area contributed by atoms with Crippen molar-refractivity contribution >= 4 is 5.91 Å². The van der Waals surface area contributed by atoms with Crippen LogP contribution in [-0.4, -0.2) is 30.8 Å². The van der Waals surface area contributed by atoms with E-state index in [9.17, 15) is 4.79 Å². The molecule has 2 rings (SSSR count). The Morgan fingerprint density at radius 2 is 2.50 bits per heavy atom. The predicted octanol–water partition coefficient (Wildman–Crippen LogP) is 1.46. The number of nitrogens with one attached hydrogen (secondary N) is 1. The van der Waals surface area contributed by atoms with E-state index < -0.39 is 0 Å². The number of aryl methyl sites for hydroxylation is 1. The van der Waals surface area contributed by atoms with Crippen LogP contribution in [0, 0.1) is 12.8 Å². The van der Waals surface area contributed by atoms with E-state index in [0.29, 0.717) is 11.7 Å². The third-order valence-corrected chi connectivity index (χ3v) is 3.15. The number of hydrogen-bond acceptors (Lipinski definition) is 4. The summed E-state index contributed by atoms with van der Waals surface area (Å²) in [7, 11) is 0. The number of hydrogen-bond donors (Lipinski definition) is 1. The first-order chi connectivity index (χ1) is 8.74. The molecule has 1 N–H and O–H groups in total. The van der Waals surface area contributed by atoms with E-state index in [2.05, 4.69) is 10.5 Å². The van der Waals surface area contributed by atoms with Gasteiger partial charge < -0.3 is 14.6 Å². The Morgan fingerprint density at radius 1 is 1.61 bits per heavy atom. The van der Waals surface area contributed by atoms with Gasteiger partial charge in [0.05, 0.1) is 12.1 Å². The zero-order valence-corrected chi connectivity index (χ0v) is 10.8. The van der Waals surface area contributed by atoms with E-state index in [0.717, 1.165) is 44.7 Å². The zero-order valence-electron chi connectivity index (χ0n) is 10.8. The Morgan fingerprint density at radius 3 is 3.17 bits per heavy atom. The van der Waals surface area contributed by atoms with Crippen LogP contribution in [0.3, 0.4) is 0 Å². The Bertz CT molecular complexity index is 383. The molecular formula is C13H20N2O3. The van der Waals surface area contributed by atoms with Crippen LogP contribution in [0.15, 0.2) is 10.6 Å². The smallest absolute Gasteiger partial charge is 0.227 e. The van der Waals surface area contributed by atoms with Crippen LogP contribution in [0.1, 0.15) is 30.7 Å². The molecule has 1 fully saturated rings. The minimum atomic E-state index is -0.00572. The van der Waals surface area contributed by atoms with Crippen molar-refractivity contribution in [2.24, 2.45) is 5.92 Å². The molecule has 18 heavy (non-hydrogen) atoms. The van der Waals surface area contributed by atoms with Crippen molar-refractivity contribution in [1.29, 1.82) is 0 Å². The van der Waals surface area contributed by atoms with Crippen molar-refractivity contribution in [3.8, 4) is 0 Å². The maximum Gasteiger partial charge on any atom is 0.227 e. The van der Waals surface area contributed by atoms with E-state index in [1.54, 1.807) is 6.07 Å². The molecule has 0 aromatic carbocycles. The lowest BCUT2D eigenvalue weighted by Crippen LogP contribution is -2.26.